The van der Waals surface area contributed by atoms with Crippen molar-refractivity contribution >= 4 is 17.7 Å². The van der Waals surface area contributed by atoms with Crippen molar-refractivity contribution in [2.24, 2.45) is 7.05 Å². The summed E-state index contributed by atoms with van der Waals surface area (Å²) in [6, 6.07) is 17.5. The van der Waals surface area contributed by atoms with Crippen LogP contribution in [0, 0.1) is 0 Å². The molecule has 0 saturated heterocycles. The van der Waals surface area contributed by atoms with Crippen molar-refractivity contribution in [3.05, 3.63) is 60.2 Å². The van der Waals surface area contributed by atoms with Gasteiger partial charge in [-0.15, -0.1) is 10.2 Å². The zero-order valence-corrected chi connectivity index (χ0v) is 16.4. The first-order valence-corrected chi connectivity index (χ1v) is 9.49. The average molecular weight is 382 g/mol. The molecule has 1 N–H and O–H groups in total. The Hall–Kier alpha value is -2.80. The van der Waals surface area contributed by atoms with Crippen molar-refractivity contribution in [2.75, 3.05) is 7.11 Å². The summed E-state index contributed by atoms with van der Waals surface area (Å²) in [5.41, 5.74) is 1.93. The lowest BCUT2D eigenvalue weighted by atomic mass is 10.2. The molecule has 0 saturated carbocycles. The van der Waals surface area contributed by atoms with Crippen molar-refractivity contribution in [3.63, 3.8) is 0 Å². The van der Waals surface area contributed by atoms with Crippen molar-refractivity contribution in [3.8, 4) is 17.1 Å². The highest BCUT2D eigenvalue weighted by molar-refractivity contribution is 8.00. The predicted molar refractivity (Wildman–Crippen MR) is 107 cm³/mol. The van der Waals surface area contributed by atoms with Crippen LogP contribution in [0.5, 0.6) is 5.75 Å². The van der Waals surface area contributed by atoms with Crippen LogP contribution in [0.3, 0.4) is 0 Å². The van der Waals surface area contributed by atoms with Crippen LogP contribution in [0.15, 0.2) is 59.8 Å². The Bertz CT molecular complexity index is 911. The minimum atomic E-state index is -0.300. The van der Waals surface area contributed by atoms with E-state index in [-0.39, 0.29) is 11.2 Å². The summed E-state index contributed by atoms with van der Waals surface area (Å²) in [5, 5.41) is 11.9. The summed E-state index contributed by atoms with van der Waals surface area (Å²) in [6.07, 6.45) is 0. The van der Waals surface area contributed by atoms with Crippen LogP contribution in [0.1, 0.15) is 12.5 Å². The molecule has 7 heteroatoms. The first kappa shape index (κ1) is 19.0. The number of thioether (sulfide) groups is 1. The highest BCUT2D eigenvalue weighted by Crippen LogP contribution is 2.25. The van der Waals surface area contributed by atoms with Crippen LogP contribution in [-0.2, 0) is 18.4 Å². The standard InChI is InChI=1S/C20H22N4O2S/c1-14(19(25)21-13-16-11-7-8-12-17(16)26-3)27-20-23-22-18(24(20)2)15-9-5-4-6-10-15/h4-12,14H,13H2,1-3H3,(H,21,25)/t14-/m0/s1. The number of nitrogens with one attached hydrogen (secondary N) is 1. The summed E-state index contributed by atoms with van der Waals surface area (Å²) in [7, 11) is 3.53. The zero-order chi connectivity index (χ0) is 19.2. The second-order valence-electron chi connectivity index (χ2n) is 6.02. The second-order valence-corrected chi connectivity index (χ2v) is 7.33. The van der Waals surface area contributed by atoms with Crippen LogP contribution in [-0.4, -0.2) is 33.0 Å². The molecule has 0 fully saturated rings. The molecule has 1 atom stereocenters. The molecule has 0 aliphatic rings. The van der Waals surface area contributed by atoms with Gasteiger partial charge in [0.1, 0.15) is 5.75 Å². The molecule has 2 aromatic carbocycles. The number of nitrogens with zero attached hydrogens (tertiary/aromatic N) is 3. The lowest BCUT2D eigenvalue weighted by Crippen LogP contribution is -2.30. The highest BCUT2D eigenvalue weighted by atomic mass is 32.2. The fourth-order valence-electron chi connectivity index (χ4n) is 2.64. The second kappa shape index (κ2) is 8.73. The minimum Gasteiger partial charge on any atom is -0.496 e. The van der Waals surface area contributed by atoms with Crippen molar-refractivity contribution < 1.29 is 9.53 Å². The molecule has 0 radical (unpaired) electrons. The van der Waals surface area contributed by atoms with Gasteiger partial charge in [0.15, 0.2) is 11.0 Å². The Morgan fingerprint density at radius 2 is 1.85 bits per heavy atom. The molecule has 3 aromatic rings. The smallest absolute Gasteiger partial charge is 0.233 e. The van der Waals surface area contributed by atoms with E-state index < -0.39 is 0 Å². The number of aromatic nitrogens is 3. The first-order chi connectivity index (χ1) is 13.1. The molecule has 0 aliphatic heterocycles. The summed E-state index contributed by atoms with van der Waals surface area (Å²) in [5.74, 6) is 1.48. The van der Waals surface area contributed by atoms with Gasteiger partial charge in [0, 0.05) is 24.7 Å². The third-order valence-corrected chi connectivity index (χ3v) is 5.30. The van der Waals surface area contributed by atoms with E-state index in [9.17, 15) is 4.79 Å². The minimum absolute atomic E-state index is 0.0600. The third-order valence-electron chi connectivity index (χ3n) is 4.16. The van der Waals surface area contributed by atoms with Crippen LogP contribution in [0.2, 0.25) is 0 Å². The van der Waals surface area contributed by atoms with E-state index in [0.717, 1.165) is 22.7 Å². The van der Waals surface area contributed by atoms with Gasteiger partial charge in [0.25, 0.3) is 0 Å². The summed E-state index contributed by atoms with van der Waals surface area (Å²) >= 11 is 1.38. The van der Waals surface area contributed by atoms with Gasteiger partial charge in [-0.3, -0.25) is 4.79 Å². The van der Waals surface area contributed by atoms with E-state index in [1.54, 1.807) is 7.11 Å². The molecule has 0 unspecified atom stereocenters. The van der Waals surface area contributed by atoms with E-state index in [1.807, 2.05) is 73.1 Å². The molecule has 1 heterocycles. The number of hydrogen-bond donors (Lipinski definition) is 1. The SMILES string of the molecule is COc1ccccc1CNC(=O)[C@H](C)Sc1nnc(-c2ccccc2)n1C. The molecule has 140 valence electrons. The molecule has 27 heavy (non-hydrogen) atoms. The Balaban J connectivity index is 1.63. The van der Waals surface area contributed by atoms with Crippen LogP contribution >= 0.6 is 11.8 Å². The highest BCUT2D eigenvalue weighted by Gasteiger charge is 2.19. The lowest BCUT2D eigenvalue weighted by molar-refractivity contribution is -0.120. The molecule has 1 aromatic heterocycles. The van der Waals surface area contributed by atoms with Crippen molar-refractivity contribution in [1.29, 1.82) is 0 Å². The summed E-state index contributed by atoms with van der Waals surface area (Å²) < 4.78 is 7.22. The Kier molecular flexibility index (Phi) is 6.13. The van der Waals surface area contributed by atoms with Gasteiger partial charge < -0.3 is 14.6 Å². The van der Waals surface area contributed by atoms with Crippen molar-refractivity contribution in [2.45, 2.75) is 23.9 Å². The number of methoxy groups -OCH3 is 1. The van der Waals surface area contributed by atoms with Crippen LogP contribution < -0.4 is 10.1 Å². The molecule has 1 amide bonds. The van der Waals surface area contributed by atoms with E-state index in [4.69, 9.17) is 4.74 Å². The predicted octanol–water partition coefficient (Wildman–Crippen LogP) is 3.29. The maximum atomic E-state index is 12.5. The van der Waals surface area contributed by atoms with Gasteiger partial charge in [-0.05, 0) is 13.0 Å². The van der Waals surface area contributed by atoms with Gasteiger partial charge in [0.05, 0.1) is 12.4 Å². The first-order valence-electron chi connectivity index (χ1n) is 8.61. The number of carbonyl (C=O) groups excluding carboxylic acids is 1. The Labute approximate surface area is 163 Å². The molecule has 6 nitrogen and oxygen atoms in total. The fraction of sp³-hybridized carbons (Fsp3) is 0.250. The molecule has 0 spiro atoms. The number of amides is 1. The monoisotopic (exact) mass is 382 g/mol. The third kappa shape index (κ3) is 4.49. The number of benzene rings is 2. The summed E-state index contributed by atoms with van der Waals surface area (Å²) in [6.45, 7) is 2.28. The van der Waals surface area contributed by atoms with Crippen LogP contribution in [0.25, 0.3) is 11.4 Å². The average Bonchev–Trinajstić information content (AvgIpc) is 3.07. The van der Waals surface area contributed by atoms with E-state index in [2.05, 4.69) is 15.5 Å². The molecular weight excluding hydrogens is 360 g/mol. The van der Waals surface area contributed by atoms with Gasteiger partial charge in [-0.1, -0.05) is 60.3 Å². The Morgan fingerprint density at radius 3 is 2.59 bits per heavy atom. The maximum Gasteiger partial charge on any atom is 0.233 e. The number of hydrogen-bond acceptors (Lipinski definition) is 5. The quantitative estimate of drug-likeness (QED) is 0.635. The number of para-hydroxylation sites is 1. The van der Waals surface area contributed by atoms with E-state index in [1.165, 1.54) is 11.8 Å². The molecule has 0 bridgehead atoms. The largest absolute Gasteiger partial charge is 0.496 e. The molecular formula is C20H22N4O2S. The van der Waals surface area contributed by atoms with Gasteiger partial charge in [-0.25, -0.2) is 0 Å². The zero-order valence-electron chi connectivity index (χ0n) is 15.5. The maximum absolute atomic E-state index is 12.5. The van der Waals surface area contributed by atoms with Gasteiger partial charge >= 0.3 is 0 Å². The molecule has 0 aliphatic carbocycles. The van der Waals surface area contributed by atoms with E-state index in [0.29, 0.717) is 11.7 Å². The van der Waals surface area contributed by atoms with Gasteiger partial charge in [0.2, 0.25) is 5.91 Å². The number of carbonyl (C=O) groups is 1. The topological polar surface area (TPSA) is 69.0 Å². The Morgan fingerprint density at radius 1 is 1.15 bits per heavy atom. The van der Waals surface area contributed by atoms with Gasteiger partial charge in [-0.2, -0.15) is 0 Å². The number of rotatable bonds is 7. The normalized spacial score (nSPS) is 11.8. The number of ether oxygens (including phenoxy) is 1. The van der Waals surface area contributed by atoms with Crippen LogP contribution in [0.4, 0.5) is 0 Å². The fourth-order valence-corrected chi connectivity index (χ4v) is 3.48. The lowest BCUT2D eigenvalue weighted by Gasteiger charge is -2.13. The van der Waals surface area contributed by atoms with Crippen molar-refractivity contribution in [1.82, 2.24) is 20.1 Å². The van der Waals surface area contributed by atoms with E-state index >= 15 is 0 Å². The summed E-state index contributed by atoms with van der Waals surface area (Å²) in [4.78, 5) is 12.5. The molecule has 3 rings (SSSR count).